The highest BCUT2D eigenvalue weighted by molar-refractivity contribution is 6.11. The Labute approximate surface area is 138 Å². The molecular formula is C16H18N4O4. The zero-order valence-electron chi connectivity index (χ0n) is 13.2. The molecule has 2 heterocycles. The van der Waals surface area contributed by atoms with Gasteiger partial charge in [-0.25, -0.2) is 0 Å². The summed E-state index contributed by atoms with van der Waals surface area (Å²) in [4.78, 5) is 26.7. The third-order valence-electron chi connectivity index (χ3n) is 3.75. The van der Waals surface area contributed by atoms with Crippen LogP contribution < -0.4 is 10.1 Å². The molecule has 3 rings (SSSR count). The molecule has 8 heteroatoms. The lowest BCUT2D eigenvalue weighted by Gasteiger charge is -2.26. The lowest BCUT2D eigenvalue weighted by atomic mass is 10.2. The summed E-state index contributed by atoms with van der Waals surface area (Å²) in [7, 11) is 1.52. The van der Waals surface area contributed by atoms with Gasteiger partial charge in [-0.05, 0) is 12.1 Å². The van der Waals surface area contributed by atoms with Crippen LogP contribution in [0.15, 0.2) is 30.5 Å². The van der Waals surface area contributed by atoms with Gasteiger partial charge in [0.1, 0.15) is 11.4 Å². The predicted molar refractivity (Wildman–Crippen MR) is 86.3 cm³/mol. The van der Waals surface area contributed by atoms with Gasteiger partial charge in [0.15, 0.2) is 0 Å². The minimum absolute atomic E-state index is 0.171. The second kappa shape index (κ2) is 7.14. The van der Waals surface area contributed by atoms with Gasteiger partial charge in [-0.3, -0.25) is 14.7 Å². The second-order valence-corrected chi connectivity index (χ2v) is 5.22. The zero-order chi connectivity index (χ0) is 16.9. The number of nitrogens with one attached hydrogen (secondary N) is 2. The van der Waals surface area contributed by atoms with E-state index in [1.807, 2.05) is 0 Å². The van der Waals surface area contributed by atoms with Crippen molar-refractivity contribution in [1.29, 1.82) is 0 Å². The fourth-order valence-electron chi connectivity index (χ4n) is 2.48. The molecule has 2 aromatic rings. The first-order chi connectivity index (χ1) is 11.7. The fraction of sp³-hybridized carbons (Fsp3) is 0.312. The topological polar surface area (TPSA) is 96.5 Å². The quantitative estimate of drug-likeness (QED) is 0.876. The number of rotatable bonds is 4. The van der Waals surface area contributed by atoms with Crippen molar-refractivity contribution in [2.75, 3.05) is 38.7 Å². The summed E-state index contributed by atoms with van der Waals surface area (Å²) < 4.78 is 10.4. The molecular weight excluding hydrogens is 312 g/mol. The molecule has 1 aromatic heterocycles. The molecule has 1 aliphatic rings. The van der Waals surface area contributed by atoms with E-state index >= 15 is 0 Å². The number of H-pyrrole nitrogens is 1. The molecule has 1 fully saturated rings. The van der Waals surface area contributed by atoms with Gasteiger partial charge in [0.25, 0.3) is 11.8 Å². The van der Waals surface area contributed by atoms with Crippen molar-refractivity contribution in [1.82, 2.24) is 15.1 Å². The van der Waals surface area contributed by atoms with Gasteiger partial charge in [-0.15, -0.1) is 0 Å². The van der Waals surface area contributed by atoms with E-state index in [0.717, 1.165) is 0 Å². The van der Waals surface area contributed by atoms with Crippen LogP contribution in [0.2, 0.25) is 0 Å². The van der Waals surface area contributed by atoms with Gasteiger partial charge in [0.05, 0.1) is 37.8 Å². The highest BCUT2D eigenvalue weighted by Gasteiger charge is 2.25. The van der Waals surface area contributed by atoms with Crippen molar-refractivity contribution in [3.8, 4) is 5.75 Å². The number of aromatic amines is 1. The zero-order valence-corrected chi connectivity index (χ0v) is 13.2. The number of hydrogen-bond donors (Lipinski definition) is 2. The van der Waals surface area contributed by atoms with Gasteiger partial charge in [0.2, 0.25) is 0 Å². The first kappa shape index (κ1) is 16.0. The lowest BCUT2D eigenvalue weighted by Crippen LogP contribution is -2.41. The standard InChI is InChI=1S/C16H18N4O4/c1-23-13-5-3-2-4-12(13)18-15(21)11-10-17-19-14(11)16(22)20-6-8-24-9-7-20/h2-5,10H,6-9H2,1H3,(H,17,19)(H,18,21). The Morgan fingerprint density at radius 2 is 2.04 bits per heavy atom. The molecule has 8 nitrogen and oxygen atoms in total. The Balaban J connectivity index is 1.79. The highest BCUT2D eigenvalue weighted by Crippen LogP contribution is 2.24. The van der Waals surface area contributed by atoms with E-state index in [9.17, 15) is 9.59 Å². The summed E-state index contributed by atoms with van der Waals surface area (Å²) in [5, 5.41) is 9.21. The molecule has 1 aliphatic heterocycles. The smallest absolute Gasteiger partial charge is 0.272 e. The largest absolute Gasteiger partial charge is 0.495 e. The van der Waals surface area contributed by atoms with E-state index in [-0.39, 0.29) is 17.2 Å². The third kappa shape index (κ3) is 3.23. The molecule has 0 aliphatic carbocycles. The summed E-state index contributed by atoms with van der Waals surface area (Å²) in [6.45, 7) is 1.96. The molecule has 0 bridgehead atoms. The van der Waals surface area contributed by atoms with Crippen molar-refractivity contribution in [2.45, 2.75) is 0 Å². The molecule has 1 saturated heterocycles. The average Bonchev–Trinajstić information content (AvgIpc) is 3.12. The molecule has 0 unspecified atom stereocenters. The Bertz CT molecular complexity index is 737. The van der Waals surface area contributed by atoms with E-state index < -0.39 is 5.91 Å². The van der Waals surface area contributed by atoms with Crippen molar-refractivity contribution in [2.24, 2.45) is 0 Å². The SMILES string of the molecule is COc1ccccc1NC(=O)c1cn[nH]c1C(=O)N1CCOCC1. The fourth-order valence-corrected chi connectivity index (χ4v) is 2.48. The van der Waals surface area contributed by atoms with Gasteiger partial charge >= 0.3 is 0 Å². The maximum absolute atomic E-state index is 12.6. The predicted octanol–water partition coefficient (Wildman–Crippen LogP) is 1.14. The second-order valence-electron chi connectivity index (χ2n) is 5.22. The van der Waals surface area contributed by atoms with Gasteiger partial charge in [0, 0.05) is 13.1 Å². The van der Waals surface area contributed by atoms with Crippen LogP contribution in [0.1, 0.15) is 20.8 Å². The first-order valence-corrected chi connectivity index (χ1v) is 7.55. The number of amides is 2. The summed E-state index contributed by atoms with van der Waals surface area (Å²) in [5.74, 6) is -0.152. The normalized spacial score (nSPS) is 14.3. The van der Waals surface area contributed by atoms with Crippen LogP contribution >= 0.6 is 0 Å². The van der Waals surface area contributed by atoms with Crippen molar-refractivity contribution in [3.05, 3.63) is 41.7 Å². The molecule has 0 radical (unpaired) electrons. The van der Waals surface area contributed by atoms with Crippen LogP contribution in [0.4, 0.5) is 5.69 Å². The van der Waals surface area contributed by atoms with Crippen molar-refractivity contribution < 1.29 is 19.1 Å². The van der Waals surface area contributed by atoms with Gasteiger partial charge in [-0.1, -0.05) is 12.1 Å². The van der Waals surface area contributed by atoms with Crippen LogP contribution in [0.3, 0.4) is 0 Å². The lowest BCUT2D eigenvalue weighted by molar-refractivity contribution is 0.0298. The minimum Gasteiger partial charge on any atom is -0.495 e. The number of ether oxygens (including phenoxy) is 2. The molecule has 1 aromatic carbocycles. The monoisotopic (exact) mass is 330 g/mol. The number of hydrogen-bond acceptors (Lipinski definition) is 5. The Morgan fingerprint density at radius 1 is 1.29 bits per heavy atom. The first-order valence-electron chi connectivity index (χ1n) is 7.55. The van der Waals surface area contributed by atoms with Crippen LogP contribution in [-0.2, 0) is 4.74 Å². The Morgan fingerprint density at radius 3 is 2.79 bits per heavy atom. The molecule has 0 atom stereocenters. The number of nitrogens with zero attached hydrogens (tertiary/aromatic N) is 2. The molecule has 2 amide bonds. The van der Waals surface area contributed by atoms with Crippen LogP contribution in [0.25, 0.3) is 0 Å². The van der Waals surface area contributed by atoms with E-state index in [1.165, 1.54) is 13.3 Å². The molecule has 126 valence electrons. The van der Waals surface area contributed by atoms with Crippen LogP contribution in [-0.4, -0.2) is 60.3 Å². The van der Waals surface area contributed by atoms with E-state index in [0.29, 0.717) is 37.7 Å². The third-order valence-corrected chi connectivity index (χ3v) is 3.75. The van der Waals surface area contributed by atoms with E-state index in [2.05, 4.69) is 15.5 Å². The molecule has 24 heavy (non-hydrogen) atoms. The van der Waals surface area contributed by atoms with Crippen LogP contribution in [0.5, 0.6) is 5.75 Å². The number of aromatic nitrogens is 2. The summed E-state index contributed by atoms with van der Waals surface area (Å²) in [5.41, 5.74) is 0.887. The van der Waals surface area contributed by atoms with Crippen molar-refractivity contribution >= 4 is 17.5 Å². The summed E-state index contributed by atoms with van der Waals surface area (Å²) >= 11 is 0. The number of para-hydroxylation sites is 2. The van der Waals surface area contributed by atoms with Gasteiger partial charge in [-0.2, -0.15) is 5.10 Å². The minimum atomic E-state index is -0.426. The highest BCUT2D eigenvalue weighted by atomic mass is 16.5. The molecule has 0 spiro atoms. The Kier molecular flexibility index (Phi) is 4.76. The Hall–Kier alpha value is -2.87. The molecule has 2 N–H and O–H groups in total. The number of carbonyl (C=O) groups excluding carboxylic acids is 2. The number of benzene rings is 1. The average molecular weight is 330 g/mol. The summed E-state index contributed by atoms with van der Waals surface area (Å²) in [6.07, 6.45) is 1.35. The number of carbonyl (C=O) groups is 2. The molecule has 0 saturated carbocycles. The maximum Gasteiger partial charge on any atom is 0.272 e. The summed E-state index contributed by atoms with van der Waals surface area (Å²) in [6, 6.07) is 7.05. The van der Waals surface area contributed by atoms with Crippen LogP contribution in [0, 0.1) is 0 Å². The number of morpholine rings is 1. The van der Waals surface area contributed by atoms with Gasteiger partial charge < -0.3 is 19.7 Å². The van der Waals surface area contributed by atoms with E-state index in [1.54, 1.807) is 29.2 Å². The van der Waals surface area contributed by atoms with Crippen molar-refractivity contribution in [3.63, 3.8) is 0 Å². The van der Waals surface area contributed by atoms with E-state index in [4.69, 9.17) is 9.47 Å². The number of methoxy groups -OCH3 is 1. The number of anilines is 1. The maximum atomic E-state index is 12.6.